The van der Waals surface area contributed by atoms with Crippen molar-refractivity contribution in [2.24, 2.45) is 0 Å². The van der Waals surface area contributed by atoms with Crippen LogP contribution in [0, 0.1) is 6.92 Å². The fraction of sp³-hybridized carbons (Fsp3) is 0.375. The van der Waals surface area contributed by atoms with Crippen LogP contribution in [0.2, 0.25) is 0 Å². The van der Waals surface area contributed by atoms with E-state index < -0.39 is 24.2 Å². The van der Waals surface area contributed by atoms with Crippen molar-refractivity contribution in [1.82, 2.24) is 4.98 Å². The fourth-order valence-corrected chi connectivity index (χ4v) is 1.15. The number of pyridine rings is 1. The van der Waals surface area contributed by atoms with E-state index >= 15 is 0 Å². The monoisotopic (exact) mass is 189 g/mol. The van der Waals surface area contributed by atoms with Crippen molar-refractivity contribution >= 4 is 0 Å². The number of aromatic nitrogens is 1. The molecule has 0 radical (unpaired) electrons. The van der Waals surface area contributed by atoms with Crippen molar-refractivity contribution in [2.75, 3.05) is 0 Å². The summed E-state index contributed by atoms with van der Waals surface area (Å²) >= 11 is 0. The van der Waals surface area contributed by atoms with Gasteiger partial charge in [0, 0.05) is 22.9 Å². The smallest absolute Gasteiger partial charge is 0.264 e. The quantitative estimate of drug-likeness (QED) is 0.732. The number of aliphatic hydroxyl groups is 1. The Morgan fingerprint density at radius 3 is 2.69 bits per heavy atom. The van der Waals surface area contributed by atoms with E-state index in [1.165, 1.54) is 6.92 Å². The number of rotatable bonds is 2. The maximum Gasteiger partial charge on any atom is 0.264 e. The van der Waals surface area contributed by atoms with Gasteiger partial charge in [-0.3, -0.25) is 4.79 Å². The Balaban J connectivity index is 3.38. The molecule has 5 heteroatoms. The molecule has 0 atom stereocenters. The van der Waals surface area contributed by atoms with Gasteiger partial charge >= 0.3 is 0 Å². The minimum atomic E-state index is -2.73. The lowest BCUT2D eigenvalue weighted by Crippen LogP contribution is -2.12. The molecule has 13 heavy (non-hydrogen) atoms. The van der Waals surface area contributed by atoms with E-state index in [2.05, 4.69) is 4.98 Å². The van der Waals surface area contributed by atoms with Crippen LogP contribution in [-0.4, -0.2) is 10.1 Å². The van der Waals surface area contributed by atoms with E-state index in [4.69, 9.17) is 5.11 Å². The van der Waals surface area contributed by atoms with Crippen molar-refractivity contribution < 1.29 is 13.9 Å². The molecule has 1 aromatic rings. The molecule has 0 aliphatic carbocycles. The molecule has 1 rings (SSSR count). The second-order valence-corrected chi connectivity index (χ2v) is 2.65. The largest absolute Gasteiger partial charge is 0.392 e. The van der Waals surface area contributed by atoms with Gasteiger partial charge in [0.05, 0.1) is 6.61 Å². The number of hydrogen-bond donors (Lipinski definition) is 2. The summed E-state index contributed by atoms with van der Waals surface area (Å²) in [6, 6.07) is 0.809. The number of nitrogens with one attached hydrogen (secondary N) is 1. The average molecular weight is 189 g/mol. The minimum Gasteiger partial charge on any atom is -0.392 e. The molecule has 1 heterocycles. The van der Waals surface area contributed by atoms with Crippen LogP contribution < -0.4 is 5.56 Å². The molecule has 3 nitrogen and oxygen atoms in total. The molecule has 0 saturated heterocycles. The molecule has 0 spiro atoms. The Kier molecular flexibility index (Phi) is 2.77. The van der Waals surface area contributed by atoms with Crippen LogP contribution >= 0.6 is 0 Å². The molecular weight excluding hydrogens is 180 g/mol. The SMILES string of the molecule is Cc1[nH]c(=O)cc(C(F)F)c1CO. The topological polar surface area (TPSA) is 53.1 Å². The van der Waals surface area contributed by atoms with Gasteiger partial charge in [0.25, 0.3) is 6.43 Å². The summed E-state index contributed by atoms with van der Waals surface area (Å²) in [6.45, 7) is 0.973. The zero-order valence-corrected chi connectivity index (χ0v) is 6.97. The number of aryl methyl sites for hydroxylation is 1. The molecule has 1 aromatic heterocycles. The van der Waals surface area contributed by atoms with Gasteiger partial charge in [-0.1, -0.05) is 0 Å². The molecule has 0 aliphatic heterocycles. The van der Waals surface area contributed by atoms with Gasteiger partial charge in [-0.05, 0) is 6.92 Å². The Morgan fingerprint density at radius 2 is 2.23 bits per heavy atom. The number of hydrogen-bond acceptors (Lipinski definition) is 2. The fourth-order valence-electron chi connectivity index (χ4n) is 1.15. The van der Waals surface area contributed by atoms with E-state index in [1.807, 2.05) is 0 Å². The molecule has 72 valence electrons. The van der Waals surface area contributed by atoms with Gasteiger partial charge in [0.15, 0.2) is 0 Å². The maximum atomic E-state index is 12.3. The first-order valence-corrected chi connectivity index (χ1v) is 3.68. The highest BCUT2D eigenvalue weighted by atomic mass is 19.3. The second-order valence-electron chi connectivity index (χ2n) is 2.65. The summed E-state index contributed by atoms with van der Waals surface area (Å²) in [6.07, 6.45) is -2.73. The van der Waals surface area contributed by atoms with Gasteiger partial charge in [0.1, 0.15) is 0 Å². The molecule has 0 amide bonds. The molecule has 0 aromatic carbocycles. The number of aromatic amines is 1. The first kappa shape index (κ1) is 9.85. The summed E-state index contributed by atoms with van der Waals surface area (Å²) in [5.41, 5.74) is -0.603. The third-order valence-corrected chi connectivity index (χ3v) is 1.79. The summed E-state index contributed by atoms with van der Waals surface area (Å²) in [5, 5.41) is 8.78. The van der Waals surface area contributed by atoms with Crippen LogP contribution in [0.3, 0.4) is 0 Å². The lowest BCUT2D eigenvalue weighted by atomic mass is 10.1. The lowest BCUT2D eigenvalue weighted by Gasteiger charge is -2.08. The molecule has 0 aliphatic rings. The maximum absolute atomic E-state index is 12.3. The number of alkyl halides is 2. The van der Waals surface area contributed by atoms with Crippen molar-refractivity contribution in [3.05, 3.63) is 33.2 Å². The van der Waals surface area contributed by atoms with Gasteiger partial charge in [-0.15, -0.1) is 0 Å². The van der Waals surface area contributed by atoms with Gasteiger partial charge < -0.3 is 10.1 Å². The molecule has 0 fully saturated rings. The Bertz CT molecular complexity index is 360. The van der Waals surface area contributed by atoms with Crippen LogP contribution in [0.4, 0.5) is 8.78 Å². The Hall–Kier alpha value is -1.23. The molecule has 0 unspecified atom stereocenters. The number of halogens is 2. The first-order valence-electron chi connectivity index (χ1n) is 3.68. The normalized spacial score (nSPS) is 10.8. The van der Waals surface area contributed by atoms with Crippen LogP contribution in [0.25, 0.3) is 0 Å². The third-order valence-electron chi connectivity index (χ3n) is 1.79. The van der Waals surface area contributed by atoms with Gasteiger partial charge in [-0.2, -0.15) is 0 Å². The summed E-state index contributed by atoms with van der Waals surface area (Å²) < 4.78 is 24.6. The average Bonchev–Trinajstić information content (AvgIpc) is 2.02. The van der Waals surface area contributed by atoms with E-state index in [9.17, 15) is 13.6 Å². The van der Waals surface area contributed by atoms with E-state index in [1.54, 1.807) is 0 Å². The first-order chi connectivity index (χ1) is 6.06. The van der Waals surface area contributed by atoms with Crippen LogP contribution in [0.5, 0.6) is 0 Å². The van der Waals surface area contributed by atoms with Crippen LogP contribution in [-0.2, 0) is 6.61 Å². The van der Waals surface area contributed by atoms with E-state index in [-0.39, 0.29) is 11.3 Å². The number of H-pyrrole nitrogens is 1. The van der Waals surface area contributed by atoms with E-state index in [0.717, 1.165) is 6.07 Å². The Morgan fingerprint density at radius 1 is 1.62 bits per heavy atom. The van der Waals surface area contributed by atoms with Crippen LogP contribution in [0.1, 0.15) is 23.2 Å². The lowest BCUT2D eigenvalue weighted by molar-refractivity contribution is 0.146. The van der Waals surface area contributed by atoms with Crippen molar-refractivity contribution in [3.63, 3.8) is 0 Å². The standard InChI is InChI=1S/C8H9F2NO2/c1-4-6(3-12)5(8(9)10)2-7(13)11-4/h2,8,12H,3H2,1H3,(H,11,13). The predicted molar refractivity (Wildman–Crippen MR) is 42.7 cm³/mol. The zero-order chi connectivity index (χ0) is 10.0. The highest BCUT2D eigenvalue weighted by molar-refractivity contribution is 5.29. The molecular formula is C8H9F2NO2. The highest BCUT2D eigenvalue weighted by Gasteiger charge is 2.15. The van der Waals surface area contributed by atoms with Crippen molar-refractivity contribution in [3.8, 4) is 0 Å². The highest BCUT2D eigenvalue weighted by Crippen LogP contribution is 2.22. The van der Waals surface area contributed by atoms with Gasteiger partial charge in [-0.25, -0.2) is 8.78 Å². The summed E-state index contributed by atoms with van der Waals surface area (Å²) in [4.78, 5) is 13.1. The zero-order valence-electron chi connectivity index (χ0n) is 6.97. The van der Waals surface area contributed by atoms with Gasteiger partial charge in [0.2, 0.25) is 5.56 Å². The summed E-state index contributed by atoms with van der Waals surface area (Å²) in [5.74, 6) is 0. The van der Waals surface area contributed by atoms with E-state index in [0.29, 0.717) is 0 Å². The molecule has 0 saturated carbocycles. The summed E-state index contributed by atoms with van der Waals surface area (Å²) in [7, 11) is 0. The number of aliphatic hydroxyl groups excluding tert-OH is 1. The second kappa shape index (κ2) is 3.66. The van der Waals surface area contributed by atoms with Crippen LogP contribution in [0.15, 0.2) is 10.9 Å². The van der Waals surface area contributed by atoms with Crippen molar-refractivity contribution in [2.45, 2.75) is 20.0 Å². The Labute approximate surface area is 73.0 Å². The molecule has 2 N–H and O–H groups in total. The van der Waals surface area contributed by atoms with Crippen molar-refractivity contribution in [1.29, 1.82) is 0 Å². The third kappa shape index (κ3) is 1.92. The minimum absolute atomic E-state index is 0.0922. The molecule has 0 bridgehead atoms. The predicted octanol–water partition coefficient (Wildman–Crippen LogP) is 1.11.